The van der Waals surface area contributed by atoms with Crippen LogP contribution >= 0.6 is 0 Å². The fourth-order valence-corrected chi connectivity index (χ4v) is 1.68. The zero-order valence-corrected chi connectivity index (χ0v) is 14.1. The summed E-state index contributed by atoms with van der Waals surface area (Å²) in [6.45, 7) is 9.72. The van der Waals surface area contributed by atoms with E-state index in [-0.39, 0.29) is 0 Å². The van der Waals surface area contributed by atoms with Gasteiger partial charge in [0.15, 0.2) is 0 Å². The van der Waals surface area contributed by atoms with Gasteiger partial charge >= 0.3 is 0 Å². The van der Waals surface area contributed by atoms with Crippen LogP contribution in [0.2, 0.25) is 0 Å². The third-order valence-electron chi connectivity index (χ3n) is 2.93. The van der Waals surface area contributed by atoms with Gasteiger partial charge in [-0.3, -0.25) is 0 Å². The Morgan fingerprint density at radius 2 is 1.43 bits per heavy atom. The molecule has 0 radical (unpaired) electrons. The fourth-order valence-electron chi connectivity index (χ4n) is 1.68. The number of hydrogen-bond acceptors (Lipinski definition) is 0. The molecule has 0 heteroatoms. The highest BCUT2D eigenvalue weighted by atomic mass is 13.9. The molecule has 0 aliphatic carbocycles. The van der Waals surface area contributed by atoms with Gasteiger partial charge in [0.1, 0.15) is 0 Å². The van der Waals surface area contributed by atoms with Crippen LogP contribution in [0.15, 0.2) is 84.5 Å². The molecular weight excluding hydrogens is 276 g/mol. The van der Waals surface area contributed by atoms with Crippen LogP contribution in [0, 0.1) is 23.7 Å². The van der Waals surface area contributed by atoms with Crippen molar-refractivity contribution in [2.75, 3.05) is 0 Å². The van der Waals surface area contributed by atoms with Crippen LogP contribution in [0.5, 0.6) is 0 Å². The average Bonchev–Trinajstić information content (AvgIpc) is 2.59. The third kappa shape index (κ3) is 7.03. The first-order valence-corrected chi connectivity index (χ1v) is 7.62. The van der Waals surface area contributed by atoms with Gasteiger partial charge in [-0.15, -0.1) is 0 Å². The second-order valence-electron chi connectivity index (χ2n) is 4.67. The molecule has 0 saturated heterocycles. The quantitative estimate of drug-likeness (QED) is 0.503. The molecular formula is C23H22. The molecule has 0 bridgehead atoms. The monoisotopic (exact) mass is 298 g/mol. The molecule has 0 unspecified atom stereocenters. The predicted octanol–water partition coefficient (Wildman–Crippen LogP) is 5.60. The second kappa shape index (κ2) is 10.7. The van der Waals surface area contributed by atoms with E-state index >= 15 is 0 Å². The standard InChI is InChI=1S/C23H22/c1-5-9-11-21(8-4)13-15-23-18-16-22(17-19-23)14-12-20(7-3)10-6-2/h5-11,16-19H,4H2,1-3H3/b9-5-,10-6-,20-7+,21-11+. The highest BCUT2D eigenvalue weighted by Crippen LogP contribution is 2.04. The lowest BCUT2D eigenvalue weighted by molar-refractivity contribution is 1.58. The molecule has 0 aliphatic heterocycles. The Balaban J connectivity index is 2.90. The van der Waals surface area contributed by atoms with Crippen molar-refractivity contribution in [3.8, 4) is 23.7 Å². The smallest absolute Gasteiger partial charge is 0.0249 e. The molecule has 1 aromatic rings. The van der Waals surface area contributed by atoms with E-state index in [9.17, 15) is 0 Å². The Morgan fingerprint density at radius 3 is 1.87 bits per heavy atom. The molecule has 0 aliphatic rings. The summed E-state index contributed by atoms with van der Waals surface area (Å²) in [5.74, 6) is 12.5. The van der Waals surface area contributed by atoms with Gasteiger partial charge in [-0.2, -0.15) is 0 Å². The maximum Gasteiger partial charge on any atom is 0.0249 e. The summed E-state index contributed by atoms with van der Waals surface area (Å²) in [6, 6.07) is 7.95. The van der Waals surface area contributed by atoms with Gasteiger partial charge in [-0.1, -0.05) is 66.7 Å². The summed E-state index contributed by atoms with van der Waals surface area (Å²) in [5.41, 5.74) is 3.86. The van der Waals surface area contributed by atoms with Gasteiger partial charge in [-0.05, 0) is 51.1 Å². The van der Waals surface area contributed by atoms with Crippen LogP contribution in [0.4, 0.5) is 0 Å². The van der Waals surface area contributed by atoms with E-state index < -0.39 is 0 Å². The van der Waals surface area contributed by atoms with Crippen LogP contribution in [-0.4, -0.2) is 0 Å². The normalized spacial score (nSPS) is 11.8. The van der Waals surface area contributed by atoms with Gasteiger partial charge in [-0.25, -0.2) is 0 Å². The highest BCUT2D eigenvalue weighted by molar-refractivity contribution is 5.49. The summed E-state index contributed by atoms with van der Waals surface area (Å²) >= 11 is 0. The minimum Gasteiger partial charge on any atom is -0.0978 e. The van der Waals surface area contributed by atoms with E-state index in [2.05, 4.69) is 30.3 Å². The molecule has 0 N–H and O–H groups in total. The molecule has 0 atom stereocenters. The summed E-state index contributed by atoms with van der Waals surface area (Å²) in [7, 11) is 0. The van der Waals surface area contributed by atoms with Crippen molar-refractivity contribution in [1.29, 1.82) is 0 Å². The summed E-state index contributed by atoms with van der Waals surface area (Å²) in [6.07, 6.45) is 13.6. The van der Waals surface area contributed by atoms with Crippen LogP contribution in [0.3, 0.4) is 0 Å². The van der Waals surface area contributed by atoms with Crippen LogP contribution < -0.4 is 0 Å². The Kier molecular flexibility index (Phi) is 8.43. The zero-order chi connectivity index (χ0) is 16.9. The van der Waals surface area contributed by atoms with Gasteiger partial charge in [0.05, 0.1) is 0 Å². The van der Waals surface area contributed by atoms with E-state index in [0.717, 1.165) is 22.3 Å². The molecule has 0 saturated carbocycles. The maximum absolute atomic E-state index is 3.77. The molecule has 0 amide bonds. The molecule has 0 heterocycles. The van der Waals surface area contributed by atoms with Crippen molar-refractivity contribution in [3.63, 3.8) is 0 Å². The van der Waals surface area contributed by atoms with Crippen LogP contribution in [0.25, 0.3) is 0 Å². The van der Waals surface area contributed by atoms with Gasteiger partial charge in [0, 0.05) is 22.3 Å². The predicted molar refractivity (Wildman–Crippen MR) is 102 cm³/mol. The topological polar surface area (TPSA) is 0 Å². The lowest BCUT2D eigenvalue weighted by Gasteiger charge is -1.93. The molecule has 1 rings (SSSR count). The lowest BCUT2D eigenvalue weighted by atomic mass is 10.1. The van der Waals surface area contributed by atoms with Crippen molar-refractivity contribution in [2.45, 2.75) is 20.8 Å². The van der Waals surface area contributed by atoms with Gasteiger partial charge < -0.3 is 0 Å². The van der Waals surface area contributed by atoms with Gasteiger partial charge in [0.25, 0.3) is 0 Å². The third-order valence-corrected chi connectivity index (χ3v) is 2.93. The van der Waals surface area contributed by atoms with Crippen molar-refractivity contribution < 1.29 is 0 Å². The SMILES string of the molecule is C=C/C(C#Cc1ccc(C#CC(/C=C\C)=C/C)cc1)=C\C=C/C. The second-order valence-corrected chi connectivity index (χ2v) is 4.67. The van der Waals surface area contributed by atoms with E-state index in [4.69, 9.17) is 0 Å². The lowest BCUT2D eigenvalue weighted by Crippen LogP contribution is -1.79. The Bertz CT molecular complexity index is 755. The van der Waals surface area contributed by atoms with Crippen molar-refractivity contribution in [2.24, 2.45) is 0 Å². The molecule has 0 fully saturated rings. The maximum atomic E-state index is 3.77. The summed E-state index contributed by atoms with van der Waals surface area (Å²) in [4.78, 5) is 0. The van der Waals surface area contributed by atoms with E-state index in [1.54, 1.807) is 6.08 Å². The average molecular weight is 298 g/mol. The zero-order valence-electron chi connectivity index (χ0n) is 14.1. The van der Waals surface area contributed by atoms with E-state index in [1.807, 2.05) is 81.5 Å². The first-order chi connectivity index (χ1) is 11.2. The van der Waals surface area contributed by atoms with Crippen molar-refractivity contribution >= 4 is 0 Å². The molecule has 0 spiro atoms. The van der Waals surface area contributed by atoms with Crippen molar-refractivity contribution in [3.05, 3.63) is 95.6 Å². The highest BCUT2D eigenvalue weighted by Gasteiger charge is 1.89. The Labute approximate surface area is 140 Å². The summed E-state index contributed by atoms with van der Waals surface area (Å²) < 4.78 is 0. The van der Waals surface area contributed by atoms with E-state index in [0.29, 0.717) is 0 Å². The summed E-state index contributed by atoms with van der Waals surface area (Å²) in [5, 5.41) is 0. The minimum atomic E-state index is 0.899. The van der Waals surface area contributed by atoms with Crippen LogP contribution in [0.1, 0.15) is 31.9 Å². The largest absolute Gasteiger partial charge is 0.0978 e. The Hall–Kier alpha value is -2.96. The first-order valence-electron chi connectivity index (χ1n) is 7.62. The fraction of sp³-hybridized carbons (Fsp3) is 0.130. The number of hydrogen-bond donors (Lipinski definition) is 0. The van der Waals surface area contributed by atoms with Crippen LogP contribution in [-0.2, 0) is 0 Å². The molecule has 114 valence electrons. The Morgan fingerprint density at radius 1 is 0.870 bits per heavy atom. The number of rotatable bonds is 3. The first kappa shape index (κ1) is 18.1. The van der Waals surface area contributed by atoms with Crippen molar-refractivity contribution in [1.82, 2.24) is 0 Å². The minimum absolute atomic E-state index is 0.899. The number of allylic oxidation sites excluding steroid dienone is 9. The molecule has 23 heavy (non-hydrogen) atoms. The van der Waals surface area contributed by atoms with E-state index in [1.165, 1.54) is 0 Å². The molecule has 1 aromatic carbocycles. The molecule has 0 nitrogen and oxygen atoms in total. The van der Waals surface area contributed by atoms with Gasteiger partial charge in [0.2, 0.25) is 0 Å². The molecule has 0 aromatic heterocycles. The number of benzene rings is 1.